The van der Waals surface area contributed by atoms with Gasteiger partial charge in [0.2, 0.25) is 0 Å². The van der Waals surface area contributed by atoms with E-state index in [1.54, 1.807) is 0 Å². The van der Waals surface area contributed by atoms with E-state index in [-0.39, 0.29) is 18.1 Å². The number of urea groups is 1. The van der Waals surface area contributed by atoms with Crippen molar-refractivity contribution in [1.29, 1.82) is 0 Å². The van der Waals surface area contributed by atoms with Crippen LogP contribution in [0.3, 0.4) is 0 Å². The van der Waals surface area contributed by atoms with E-state index in [0.29, 0.717) is 6.54 Å². The Labute approximate surface area is 154 Å². The fourth-order valence-corrected chi connectivity index (χ4v) is 4.13. The van der Waals surface area contributed by atoms with E-state index < -0.39 is 0 Å². The number of nitrogens with one attached hydrogen (secondary N) is 1. The molecule has 132 valence electrons. The lowest BCUT2D eigenvalue weighted by Gasteiger charge is -2.45. The van der Waals surface area contributed by atoms with Crippen LogP contribution in [-0.2, 0) is 0 Å². The second-order valence-corrected chi connectivity index (χ2v) is 6.95. The van der Waals surface area contributed by atoms with Crippen LogP contribution in [-0.4, -0.2) is 41.5 Å². The van der Waals surface area contributed by atoms with Crippen molar-refractivity contribution >= 4 is 11.7 Å². The molecular formula is C22H23N3O. The zero-order valence-corrected chi connectivity index (χ0v) is 14.8. The predicted molar refractivity (Wildman–Crippen MR) is 104 cm³/mol. The third kappa shape index (κ3) is 3.07. The maximum atomic E-state index is 13.0. The maximum absolute atomic E-state index is 13.0. The molecule has 26 heavy (non-hydrogen) atoms. The first-order valence-corrected chi connectivity index (χ1v) is 9.17. The summed E-state index contributed by atoms with van der Waals surface area (Å²) in [6, 6.07) is 18.6. The smallest absolute Gasteiger partial charge is 0.310 e. The van der Waals surface area contributed by atoms with Crippen LogP contribution < -0.4 is 5.32 Å². The number of fused-ring (bicyclic) bond motifs is 1. The van der Waals surface area contributed by atoms with E-state index in [2.05, 4.69) is 34.3 Å². The molecule has 2 amide bonds. The monoisotopic (exact) mass is 345 g/mol. The van der Waals surface area contributed by atoms with Crippen LogP contribution in [0.15, 0.2) is 54.6 Å². The van der Waals surface area contributed by atoms with Crippen LogP contribution in [0.5, 0.6) is 0 Å². The van der Waals surface area contributed by atoms with Crippen molar-refractivity contribution in [2.75, 3.05) is 25.0 Å². The third-order valence-corrected chi connectivity index (χ3v) is 5.39. The van der Waals surface area contributed by atoms with Crippen molar-refractivity contribution in [3.63, 3.8) is 0 Å². The van der Waals surface area contributed by atoms with E-state index in [9.17, 15) is 4.79 Å². The Kier molecular flexibility index (Phi) is 4.64. The summed E-state index contributed by atoms with van der Waals surface area (Å²) < 4.78 is 0. The summed E-state index contributed by atoms with van der Waals surface area (Å²) in [6.45, 7) is 2.55. The summed E-state index contributed by atoms with van der Waals surface area (Å²) in [5.74, 6) is 2.72. The van der Waals surface area contributed by atoms with Crippen molar-refractivity contribution in [2.45, 2.75) is 24.9 Å². The topological polar surface area (TPSA) is 35.6 Å². The van der Waals surface area contributed by atoms with Gasteiger partial charge in [-0.05, 0) is 24.5 Å². The number of piperidine rings is 1. The molecule has 0 aromatic heterocycles. The van der Waals surface area contributed by atoms with Crippen LogP contribution in [0.2, 0.25) is 0 Å². The number of carbonyl (C=O) groups is 1. The zero-order valence-electron chi connectivity index (χ0n) is 14.8. The Morgan fingerprint density at radius 2 is 1.73 bits per heavy atom. The molecule has 0 aliphatic carbocycles. The first-order valence-electron chi connectivity index (χ1n) is 9.17. The van der Waals surface area contributed by atoms with Crippen LogP contribution in [0, 0.1) is 12.3 Å². The molecule has 4 heteroatoms. The summed E-state index contributed by atoms with van der Waals surface area (Å²) in [6.07, 6.45) is 7.33. The molecule has 2 aliphatic rings. The Balaban J connectivity index is 1.69. The molecule has 0 bridgehead atoms. The quantitative estimate of drug-likeness (QED) is 0.861. The van der Waals surface area contributed by atoms with Crippen LogP contribution in [0.1, 0.15) is 30.0 Å². The summed E-state index contributed by atoms with van der Waals surface area (Å²) in [4.78, 5) is 17.3. The number of hydrogen-bond donors (Lipinski definition) is 1. The number of rotatable bonds is 3. The van der Waals surface area contributed by atoms with Crippen LogP contribution >= 0.6 is 0 Å². The van der Waals surface area contributed by atoms with Gasteiger partial charge in [0.25, 0.3) is 0 Å². The molecule has 1 fully saturated rings. The van der Waals surface area contributed by atoms with E-state index in [1.165, 1.54) is 0 Å². The summed E-state index contributed by atoms with van der Waals surface area (Å²) in [5.41, 5.74) is 3.22. The normalized spacial score (nSPS) is 21.0. The zero-order chi connectivity index (χ0) is 17.9. The Morgan fingerprint density at radius 1 is 1.04 bits per heavy atom. The van der Waals surface area contributed by atoms with Crippen molar-refractivity contribution in [3.05, 3.63) is 65.7 Å². The highest BCUT2D eigenvalue weighted by Gasteiger charge is 2.38. The first-order chi connectivity index (χ1) is 12.8. The molecule has 2 heterocycles. The molecule has 1 unspecified atom stereocenters. The second-order valence-electron chi connectivity index (χ2n) is 6.95. The van der Waals surface area contributed by atoms with Gasteiger partial charge in [-0.3, -0.25) is 4.90 Å². The highest BCUT2D eigenvalue weighted by Crippen LogP contribution is 2.40. The fraction of sp³-hybridized carbons (Fsp3) is 0.318. The number of para-hydroxylation sites is 1. The first kappa shape index (κ1) is 16.7. The minimum Gasteiger partial charge on any atom is -0.310 e. The fourth-order valence-electron chi connectivity index (χ4n) is 4.13. The Hall–Kier alpha value is -2.77. The van der Waals surface area contributed by atoms with Gasteiger partial charge in [-0.15, -0.1) is 6.42 Å². The van der Waals surface area contributed by atoms with Crippen molar-refractivity contribution in [1.82, 2.24) is 9.80 Å². The molecule has 2 aromatic rings. The Bertz CT molecular complexity index is 819. The lowest BCUT2D eigenvalue weighted by molar-refractivity contribution is 0.114. The van der Waals surface area contributed by atoms with Gasteiger partial charge in [0.05, 0.1) is 12.6 Å². The van der Waals surface area contributed by atoms with Crippen LogP contribution in [0.4, 0.5) is 10.5 Å². The van der Waals surface area contributed by atoms with Gasteiger partial charge < -0.3 is 10.2 Å². The van der Waals surface area contributed by atoms with Crippen molar-refractivity contribution < 1.29 is 4.79 Å². The molecule has 4 nitrogen and oxygen atoms in total. The minimum absolute atomic E-state index is 0.00653. The molecule has 2 aliphatic heterocycles. The van der Waals surface area contributed by atoms with E-state index in [0.717, 1.165) is 42.7 Å². The van der Waals surface area contributed by atoms with Gasteiger partial charge in [0.15, 0.2) is 0 Å². The third-order valence-electron chi connectivity index (χ3n) is 5.39. The Morgan fingerprint density at radius 3 is 2.46 bits per heavy atom. The minimum atomic E-state index is -0.0506. The standard InChI is InChI=1S/C22H23N3O/c1-2-14-24-15-12-18(13-16-24)25-21(17-8-4-3-5-9-17)19-10-6-7-11-20(19)23-22(25)26/h1,3-11,18,21H,12-16H2,(H,23,26). The molecule has 2 aromatic carbocycles. The lowest BCUT2D eigenvalue weighted by Crippen LogP contribution is -2.52. The van der Waals surface area contributed by atoms with E-state index in [1.807, 2.05) is 41.3 Å². The molecule has 1 N–H and O–H groups in total. The van der Waals surface area contributed by atoms with Crippen molar-refractivity contribution in [3.8, 4) is 12.3 Å². The summed E-state index contributed by atoms with van der Waals surface area (Å²) in [5, 5.41) is 3.08. The molecule has 0 saturated carbocycles. The van der Waals surface area contributed by atoms with E-state index in [4.69, 9.17) is 6.42 Å². The molecule has 1 atom stereocenters. The van der Waals surface area contributed by atoms with Crippen LogP contribution in [0.25, 0.3) is 0 Å². The predicted octanol–water partition coefficient (Wildman–Crippen LogP) is 3.72. The maximum Gasteiger partial charge on any atom is 0.322 e. The van der Waals surface area contributed by atoms with Gasteiger partial charge in [0.1, 0.15) is 0 Å². The molecule has 4 rings (SSSR count). The summed E-state index contributed by atoms with van der Waals surface area (Å²) in [7, 11) is 0. The van der Waals surface area contributed by atoms with Gasteiger partial charge in [-0.1, -0.05) is 54.5 Å². The number of likely N-dealkylation sites (tertiary alicyclic amines) is 1. The van der Waals surface area contributed by atoms with Crippen molar-refractivity contribution in [2.24, 2.45) is 0 Å². The largest absolute Gasteiger partial charge is 0.322 e. The highest BCUT2D eigenvalue weighted by molar-refractivity contribution is 5.93. The average Bonchev–Trinajstić information content (AvgIpc) is 2.69. The van der Waals surface area contributed by atoms with E-state index >= 15 is 0 Å². The summed E-state index contributed by atoms with van der Waals surface area (Å²) >= 11 is 0. The molecular weight excluding hydrogens is 322 g/mol. The molecule has 0 radical (unpaired) electrons. The van der Waals surface area contributed by atoms with Gasteiger partial charge in [-0.25, -0.2) is 4.79 Å². The SMILES string of the molecule is C#CCN1CCC(N2C(=O)Nc3ccccc3C2c2ccccc2)CC1. The second kappa shape index (κ2) is 7.23. The number of terminal acetylenes is 1. The van der Waals surface area contributed by atoms with Gasteiger partial charge in [0, 0.05) is 30.4 Å². The number of carbonyl (C=O) groups excluding carboxylic acids is 1. The highest BCUT2D eigenvalue weighted by atomic mass is 16.2. The van der Waals surface area contributed by atoms with Gasteiger partial charge in [-0.2, -0.15) is 0 Å². The number of anilines is 1. The average molecular weight is 345 g/mol. The number of benzene rings is 2. The number of nitrogens with zero attached hydrogens (tertiary/aromatic N) is 2. The molecule has 0 spiro atoms. The number of hydrogen-bond acceptors (Lipinski definition) is 2. The number of amides is 2. The lowest BCUT2D eigenvalue weighted by atomic mass is 9.90. The molecule has 1 saturated heterocycles. The van der Waals surface area contributed by atoms with Gasteiger partial charge >= 0.3 is 6.03 Å².